The van der Waals surface area contributed by atoms with Gasteiger partial charge in [-0.3, -0.25) is 14.4 Å². The monoisotopic (exact) mass is 879 g/mol. The molecular formula is C54H102O8. The summed E-state index contributed by atoms with van der Waals surface area (Å²) in [6, 6.07) is 0. The van der Waals surface area contributed by atoms with Gasteiger partial charge in [0.25, 0.3) is 0 Å². The number of aliphatic hydroxyl groups excluding tert-OH is 1. The minimum Gasteiger partial charge on any atom is -0.457 e. The van der Waals surface area contributed by atoms with Gasteiger partial charge in [-0.1, -0.05) is 252 Å². The first-order valence-electron chi connectivity index (χ1n) is 27.3. The fraction of sp³-hybridized carbons (Fsp3) is 0.944. The standard InChI is InChI=1S/C54H102O8/c1-4-7-10-13-16-19-22-25-28-31-34-37-40-43-50(56)60-48(46-55)53-54(62-52(58)45-42-39-36-33-30-27-24-21-18-15-12-9-6-3)49(47-59-53)61-51(57)44-41-38-35-32-29-26-23-20-17-14-11-8-5-2/h48-49,53-55H,4-47H2,1-3H3/t48-,49+,53-,54-/m1/s1. The van der Waals surface area contributed by atoms with Crippen LogP contribution in [0.4, 0.5) is 0 Å². The molecule has 0 aliphatic carbocycles. The maximum atomic E-state index is 13.2. The highest BCUT2D eigenvalue weighted by Crippen LogP contribution is 2.27. The van der Waals surface area contributed by atoms with Crippen molar-refractivity contribution in [2.45, 2.75) is 315 Å². The van der Waals surface area contributed by atoms with E-state index >= 15 is 0 Å². The van der Waals surface area contributed by atoms with Gasteiger partial charge in [0.15, 0.2) is 18.3 Å². The summed E-state index contributed by atoms with van der Waals surface area (Å²) in [4.78, 5) is 39.1. The van der Waals surface area contributed by atoms with Gasteiger partial charge in [0.05, 0.1) is 13.2 Å². The predicted molar refractivity (Wildman–Crippen MR) is 257 cm³/mol. The molecule has 62 heavy (non-hydrogen) atoms. The second kappa shape index (κ2) is 44.5. The third-order valence-electron chi connectivity index (χ3n) is 13.0. The van der Waals surface area contributed by atoms with Crippen molar-refractivity contribution in [2.24, 2.45) is 0 Å². The van der Waals surface area contributed by atoms with E-state index in [1.165, 1.54) is 193 Å². The number of carbonyl (C=O) groups excluding carboxylic acids is 3. The lowest BCUT2D eigenvalue weighted by molar-refractivity contribution is -0.175. The number of hydrogen-bond acceptors (Lipinski definition) is 8. The third-order valence-corrected chi connectivity index (χ3v) is 13.0. The molecule has 366 valence electrons. The average Bonchev–Trinajstić information content (AvgIpc) is 3.65. The van der Waals surface area contributed by atoms with Crippen molar-refractivity contribution >= 4 is 17.9 Å². The lowest BCUT2D eigenvalue weighted by Gasteiger charge is -2.28. The van der Waals surface area contributed by atoms with Crippen LogP contribution in [-0.4, -0.2) is 60.6 Å². The molecule has 0 unspecified atom stereocenters. The molecule has 0 aromatic rings. The van der Waals surface area contributed by atoms with E-state index < -0.39 is 37.0 Å². The number of ether oxygens (including phenoxy) is 4. The van der Waals surface area contributed by atoms with E-state index in [0.29, 0.717) is 6.42 Å². The van der Waals surface area contributed by atoms with Crippen molar-refractivity contribution in [1.29, 1.82) is 0 Å². The van der Waals surface area contributed by atoms with Crippen molar-refractivity contribution in [2.75, 3.05) is 13.2 Å². The first-order valence-corrected chi connectivity index (χ1v) is 27.3. The summed E-state index contributed by atoms with van der Waals surface area (Å²) < 4.78 is 23.6. The lowest BCUT2D eigenvalue weighted by atomic mass is 10.0. The lowest BCUT2D eigenvalue weighted by Crippen LogP contribution is -2.46. The molecule has 0 bridgehead atoms. The van der Waals surface area contributed by atoms with E-state index in [1.54, 1.807) is 0 Å². The summed E-state index contributed by atoms with van der Waals surface area (Å²) >= 11 is 0. The molecule has 0 saturated carbocycles. The van der Waals surface area contributed by atoms with Crippen LogP contribution in [-0.2, 0) is 33.3 Å². The summed E-state index contributed by atoms with van der Waals surface area (Å²) in [5.74, 6) is -1.10. The van der Waals surface area contributed by atoms with E-state index in [-0.39, 0.29) is 31.4 Å². The fourth-order valence-corrected chi connectivity index (χ4v) is 8.91. The Morgan fingerprint density at radius 3 is 1.00 bits per heavy atom. The van der Waals surface area contributed by atoms with Gasteiger partial charge in [0, 0.05) is 19.3 Å². The smallest absolute Gasteiger partial charge is 0.306 e. The van der Waals surface area contributed by atoms with Crippen molar-refractivity contribution in [3.63, 3.8) is 0 Å². The van der Waals surface area contributed by atoms with Crippen LogP contribution in [0.2, 0.25) is 0 Å². The Balaban J connectivity index is 2.50. The van der Waals surface area contributed by atoms with Crippen molar-refractivity contribution in [3.05, 3.63) is 0 Å². The summed E-state index contributed by atoms with van der Waals surface area (Å²) in [7, 11) is 0. The van der Waals surface area contributed by atoms with Gasteiger partial charge in [-0.05, 0) is 19.3 Å². The Morgan fingerprint density at radius 1 is 0.419 bits per heavy atom. The molecule has 1 heterocycles. The molecule has 8 heteroatoms. The molecule has 1 aliphatic rings. The Bertz CT molecular complexity index is 1000. The van der Waals surface area contributed by atoms with E-state index in [1.807, 2.05) is 0 Å². The summed E-state index contributed by atoms with van der Waals surface area (Å²) in [5, 5.41) is 10.4. The number of aliphatic hydroxyl groups is 1. The van der Waals surface area contributed by atoms with Crippen molar-refractivity contribution < 1.29 is 38.4 Å². The molecule has 0 radical (unpaired) electrons. The van der Waals surface area contributed by atoms with Gasteiger partial charge in [-0.25, -0.2) is 0 Å². The molecule has 0 spiro atoms. The number of unbranched alkanes of at least 4 members (excludes halogenated alkanes) is 36. The molecule has 1 saturated heterocycles. The number of hydrogen-bond donors (Lipinski definition) is 1. The van der Waals surface area contributed by atoms with Gasteiger partial charge in [0.1, 0.15) is 6.10 Å². The number of carbonyl (C=O) groups is 3. The van der Waals surface area contributed by atoms with Crippen LogP contribution >= 0.6 is 0 Å². The molecule has 1 rings (SSSR count). The minimum absolute atomic E-state index is 0.0264. The normalized spacial score (nSPS) is 16.7. The van der Waals surface area contributed by atoms with Crippen LogP contribution < -0.4 is 0 Å². The van der Waals surface area contributed by atoms with Gasteiger partial charge in [0.2, 0.25) is 0 Å². The SMILES string of the molecule is CCCCCCCCCCCCCCCC(=O)O[C@H]1[C@@H]([C@@H](CO)OC(=O)CCCCCCCCCCCCCCC)OC[C@@H]1OC(=O)CCCCCCCCCCCCCCC. The molecule has 4 atom stereocenters. The maximum absolute atomic E-state index is 13.2. The highest BCUT2D eigenvalue weighted by molar-refractivity contribution is 5.71. The molecule has 0 aromatic heterocycles. The topological polar surface area (TPSA) is 108 Å². The van der Waals surface area contributed by atoms with Crippen LogP contribution in [0.3, 0.4) is 0 Å². The van der Waals surface area contributed by atoms with Crippen molar-refractivity contribution in [1.82, 2.24) is 0 Å². The molecule has 0 aromatic carbocycles. The molecule has 1 aliphatic heterocycles. The van der Waals surface area contributed by atoms with E-state index in [0.717, 1.165) is 57.8 Å². The predicted octanol–water partition coefficient (Wildman–Crippen LogP) is 15.6. The highest BCUT2D eigenvalue weighted by Gasteiger charge is 2.47. The Kier molecular flexibility index (Phi) is 41.9. The zero-order chi connectivity index (χ0) is 45.0. The Labute approximate surface area is 383 Å². The largest absolute Gasteiger partial charge is 0.457 e. The summed E-state index contributed by atoms with van der Waals surface area (Å²) in [6.07, 6.45) is 45.0. The van der Waals surface area contributed by atoms with Crippen LogP contribution in [0.25, 0.3) is 0 Å². The zero-order valence-electron chi connectivity index (χ0n) is 41.2. The third kappa shape index (κ3) is 34.7. The van der Waals surface area contributed by atoms with Crippen LogP contribution in [0.15, 0.2) is 0 Å². The number of esters is 3. The van der Waals surface area contributed by atoms with Gasteiger partial charge < -0.3 is 24.1 Å². The zero-order valence-corrected chi connectivity index (χ0v) is 41.2. The number of rotatable bonds is 47. The average molecular weight is 879 g/mol. The maximum Gasteiger partial charge on any atom is 0.306 e. The molecule has 8 nitrogen and oxygen atoms in total. The van der Waals surface area contributed by atoms with Crippen LogP contribution in [0, 0.1) is 0 Å². The van der Waals surface area contributed by atoms with Gasteiger partial charge >= 0.3 is 17.9 Å². The van der Waals surface area contributed by atoms with E-state index in [2.05, 4.69) is 20.8 Å². The van der Waals surface area contributed by atoms with Crippen LogP contribution in [0.5, 0.6) is 0 Å². The van der Waals surface area contributed by atoms with Crippen molar-refractivity contribution in [3.8, 4) is 0 Å². The molecule has 1 N–H and O–H groups in total. The van der Waals surface area contributed by atoms with Gasteiger partial charge in [-0.2, -0.15) is 0 Å². The second-order valence-corrected chi connectivity index (χ2v) is 19.0. The summed E-state index contributed by atoms with van der Waals surface area (Å²) in [5.41, 5.74) is 0. The van der Waals surface area contributed by atoms with Gasteiger partial charge in [-0.15, -0.1) is 0 Å². The fourth-order valence-electron chi connectivity index (χ4n) is 8.91. The molecule has 0 amide bonds. The minimum atomic E-state index is -1.01. The quantitative estimate of drug-likeness (QED) is 0.0366. The highest BCUT2D eigenvalue weighted by atomic mass is 16.6. The van der Waals surface area contributed by atoms with E-state index in [9.17, 15) is 19.5 Å². The molecule has 1 fully saturated rings. The first kappa shape index (κ1) is 58.3. The Morgan fingerprint density at radius 2 is 0.694 bits per heavy atom. The first-order chi connectivity index (χ1) is 30.5. The summed E-state index contributed by atoms with van der Waals surface area (Å²) in [6.45, 7) is 6.33. The van der Waals surface area contributed by atoms with Crippen LogP contribution in [0.1, 0.15) is 290 Å². The molecular weight excluding hydrogens is 777 g/mol. The second-order valence-electron chi connectivity index (χ2n) is 19.0. The van der Waals surface area contributed by atoms with E-state index in [4.69, 9.17) is 18.9 Å². The Hall–Kier alpha value is -1.67.